The standard InChI is InChI=1S/C15H13F5N2O3/c1-7(15(18,19)20)8-4-3-5-9(6-8)25-13-10(14(23)24)11(12(16)17)21-22(13)2/h3-7,12H,1-2H3,(H,23,24). The third-order valence-electron chi connectivity index (χ3n) is 3.51. The Hall–Kier alpha value is -2.65. The lowest BCUT2D eigenvalue weighted by molar-refractivity contribution is -0.146. The summed E-state index contributed by atoms with van der Waals surface area (Å²) in [7, 11) is 1.19. The van der Waals surface area contributed by atoms with Gasteiger partial charge in [0.25, 0.3) is 6.43 Å². The fourth-order valence-electron chi connectivity index (χ4n) is 2.15. The second kappa shape index (κ2) is 6.69. The quantitative estimate of drug-likeness (QED) is 0.793. The van der Waals surface area contributed by atoms with Crippen LogP contribution >= 0.6 is 0 Å². The molecule has 2 aromatic rings. The number of hydrogen-bond acceptors (Lipinski definition) is 3. The van der Waals surface area contributed by atoms with E-state index in [1.807, 2.05) is 0 Å². The Morgan fingerprint density at radius 1 is 1.32 bits per heavy atom. The molecule has 0 fully saturated rings. The number of halogens is 5. The molecule has 5 nitrogen and oxygen atoms in total. The van der Waals surface area contributed by atoms with Gasteiger partial charge in [-0.05, 0) is 24.6 Å². The topological polar surface area (TPSA) is 64.3 Å². The molecule has 1 aromatic heterocycles. The maximum absolute atomic E-state index is 12.9. The van der Waals surface area contributed by atoms with Crippen LogP contribution in [0.5, 0.6) is 11.6 Å². The van der Waals surface area contributed by atoms with Crippen LogP contribution in [-0.4, -0.2) is 27.0 Å². The molecule has 0 aliphatic heterocycles. The third kappa shape index (κ3) is 3.89. The molecule has 0 amide bonds. The molecule has 0 spiro atoms. The lowest BCUT2D eigenvalue weighted by atomic mass is 10.0. The number of benzene rings is 1. The molecular weight excluding hydrogens is 351 g/mol. The van der Waals surface area contributed by atoms with Crippen molar-refractivity contribution in [2.24, 2.45) is 7.05 Å². The van der Waals surface area contributed by atoms with Gasteiger partial charge in [0.15, 0.2) is 5.56 Å². The summed E-state index contributed by atoms with van der Waals surface area (Å²) in [5.74, 6) is -4.09. The molecule has 0 aliphatic rings. The Morgan fingerprint density at radius 3 is 2.48 bits per heavy atom. The molecule has 0 bridgehead atoms. The largest absolute Gasteiger partial charge is 0.477 e. The Balaban J connectivity index is 2.43. The molecule has 1 unspecified atom stereocenters. The molecule has 0 radical (unpaired) electrons. The molecule has 0 saturated carbocycles. The summed E-state index contributed by atoms with van der Waals surface area (Å²) in [6, 6.07) is 4.88. The molecule has 0 aliphatic carbocycles. The number of carboxylic acid groups (broad SMARTS) is 1. The molecule has 1 atom stereocenters. The zero-order valence-corrected chi connectivity index (χ0v) is 13.0. The summed E-state index contributed by atoms with van der Waals surface area (Å²) in [5.41, 5.74) is -1.94. The Labute approximate surface area is 138 Å². The molecule has 25 heavy (non-hydrogen) atoms. The lowest BCUT2D eigenvalue weighted by Crippen LogP contribution is -2.17. The van der Waals surface area contributed by atoms with E-state index >= 15 is 0 Å². The SMILES string of the molecule is CC(c1cccc(Oc2c(C(=O)O)c(C(F)F)nn2C)c1)C(F)(F)F. The molecule has 136 valence electrons. The number of rotatable bonds is 5. The number of carboxylic acids is 1. The molecule has 0 saturated heterocycles. The highest BCUT2D eigenvalue weighted by Gasteiger charge is 2.37. The van der Waals surface area contributed by atoms with Crippen molar-refractivity contribution in [2.45, 2.75) is 25.4 Å². The van der Waals surface area contributed by atoms with E-state index in [2.05, 4.69) is 5.10 Å². The Morgan fingerprint density at radius 2 is 1.96 bits per heavy atom. The molecular formula is C15H13F5N2O3. The van der Waals surface area contributed by atoms with Crippen molar-refractivity contribution in [3.63, 3.8) is 0 Å². The molecule has 1 N–H and O–H groups in total. The normalized spacial score (nSPS) is 13.1. The van der Waals surface area contributed by atoms with Gasteiger partial charge in [0.05, 0.1) is 5.92 Å². The van der Waals surface area contributed by atoms with Crippen molar-refractivity contribution in [3.05, 3.63) is 41.1 Å². The number of ether oxygens (including phenoxy) is 1. The van der Waals surface area contributed by atoms with Crippen LogP contribution in [-0.2, 0) is 7.05 Å². The van der Waals surface area contributed by atoms with Crippen LogP contribution in [0.15, 0.2) is 24.3 Å². The molecule has 2 rings (SSSR count). The highest BCUT2D eigenvalue weighted by atomic mass is 19.4. The molecule has 1 heterocycles. The van der Waals surface area contributed by atoms with Crippen molar-refractivity contribution >= 4 is 5.97 Å². The number of aromatic carboxylic acids is 1. The molecule has 1 aromatic carbocycles. The lowest BCUT2D eigenvalue weighted by Gasteiger charge is -2.16. The first-order chi connectivity index (χ1) is 11.5. The predicted octanol–water partition coefficient (Wildman–Crippen LogP) is 4.51. The van der Waals surface area contributed by atoms with E-state index < -0.39 is 41.6 Å². The average Bonchev–Trinajstić information content (AvgIpc) is 2.83. The fraction of sp³-hybridized carbons (Fsp3) is 0.333. The van der Waals surface area contributed by atoms with Crippen molar-refractivity contribution < 1.29 is 36.6 Å². The average molecular weight is 364 g/mol. The van der Waals surface area contributed by atoms with Crippen LogP contribution in [0.2, 0.25) is 0 Å². The minimum atomic E-state index is -4.47. The summed E-state index contributed by atoms with van der Waals surface area (Å²) in [6.07, 6.45) is -7.62. The zero-order chi connectivity index (χ0) is 18.9. The number of hydrogen-bond donors (Lipinski definition) is 1. The second-order valence-corrected chi connectivity index (χ2v) is 5.23. The summed E-state index contributed by atoms with van der Waals surface area (Å²) in [4.78, 5) is 11.2. The first-order valence-electron chi connectivity index (χ1n) is 6.95. The number of aromatic nitrogens is 2. The van der Waals surface area contributed by atoms with Gasteiger partial charge < -0.3 is 9.84 Å². The summed E-state index contributed by atoms with van der Waals surface area (Å²) < 4.78 is 70.3. The van der Waals surface area contributed by atoms with Crippen LogP contribution < -0.4 is 4.74 Å². The summed E-state index contributed by atoms with van der Waals surface area (Å²) >= 11 is 0. The smallest absolute Gasteiger partial charge is 0.395 e. The van der Waals surface area contributed by atoms with E-state index in [4.69, 9.17) is 9.84 Å². The van der Waals surface area contributed by atoms with Gasteiger partial charge in [0, 0.05) is 7.05 Å². The number of aryl methyl sites for hydroxylation is 1. The zero-order valence-electron chi connectivity index (χ0n) is 13.0. The monoisotopic (exact) mass is 364 g/mol. The number of nitrogens with zero attached hydrogens (tertiary/aromatic N) is 2. The van der Waals surface area contributed by atoms with E-state index in [0.29, 0.717) is 0 Å². The highest BCUT2D eigenvalue weighted by Crippen LogP contribution is 2.37. The first kappa shape index (κ1) is 18.7. The van der Waals surface area contributed by atoms with Crippen LogP contribution in [0, 0.1) is 0 Å². The van der Waals surface area contributed by atoms with Gasteiger partial charge in [-0.25, -0.2) is 18.3 Å². The summed E-state index contributed by atoms with van der Waals surface area (Å²) in [5, 5.41) is 12.5. The second-order valence-electron chi connectivity index (χ2n) is 5.23. The van der Waals surface area contributed by atoms with E-state index in [0.717, 1.165) is 17.7 Å². The van der Waals surface area contributed by atoms with Crippen molar-refractivity contribution in [1.82, 2.24) is 9.78 Å². The predicted molar refractivity (Wildman–Crippen MR) is 76.1 cm³/mol. The van der Waals surface area contributed by atoms with E-state index in [1.54, 1.807) is 0 Å². The van der Waals surface area contributed by atoms with Gasteiger partial charge in [-0.2, -0.15) is 18.3 Å². The highest BCUT2D eigenvalue weighted by molar-refractivity contribution is 5.92. The minimum Gasteiger partial charge on any atom is -0.477 e. The fourth-order valence-corrected chi connectivity index (χ4v) is 2.15. The van der Waals surface area contributed by atoms with E-state index in [-0.39, 0.29) is 11.3 Å². The maximum atomic E-state index is 12.9. The van der Waals surface area contributed by atoms with Gasteiger partial charge in [0.1, 0.15) is 11.4 Å². The minimum absolute atomic E-state index is 0.113. The number of carbonyl (C=O) groups is 1. The van der Waals surface area contributed by atoms with Gasteiger partial charge in [-0.1, -0.05) is 12.1 Å². The summed E-state index contributed by atoms with van der Waals surface area (Å²) in [6.45, 7) is 0.959. The van der Waals surface area contributed by atoms with Crippen LogP contribution in [0.1, 0.15) is 40.9 Å². The van der Waals surface area contributed by atoms with Gasteiger partial charge in [0.2, 0.25) is 5.88 Å². The van der Waals surface area contributed by atoms with E-state index in [9.17, 15) is 26.7 Å². The third-order valence-corrected chi connectivity index (χ3v) is 3.51. The van der Waals surface area contributed by atoms with Crippen molar-refractivity contribution in [3.8, 4) is 11.6 Å². The van der Waals surface area contributed by atoms with Crippen molar-refractivity contribution in [2.75, 3.05) is 0 Å². The Kier molecular flexibility index (Phi) is 5.00. The van der Waals surface area contributed by atoms with Crippen LogP contribution in [0.3, 0.4) is 0 Å². The maximum Gasteiger partial charge on any atom is 0.395 e. The van der Waals surface area contributed by atoms with E-state index in [1.165, 1.54) is 25.2 Å². The number of alkyl halides is 5. The van der Waals surface area contributed by atoms with Gasteiger partial charge >= 0.3 is 12.1 Å². The Bertz CT molecular complexity index is 786. The van der Waals surface area contributed by atoms with Crippen molar-refractivity contribution in [1.29, 1.82) is 0 Å². The molecule has 10 heteroatoms. The van der Waals surface area contributed by atoms with Crippen LogP contribution in [0.25, 0.3) is 0 Å². The van der Waals surface area contributed by atoms with Crippen LogP contribution in [0.4, 0.5) is 22.0 Å². The van der Waals surface area contributed by atoms with Gasteiger partial charge in [-0.15, -0.1) is 0 Å². The first-order valence-corrected chi connectivity index (χ1v) is 6.95. The van der Waals surface area contributed by atoms with Gasteiger partial charge in [-0.3, -0.25) is 0 Å².